The molecule has 0 bridgehead atoms. The third-order valence-corrected chi connectivity index (χ3v) is 6.91. The Bertz CT molecular complexity index is 1020. The number of benzene rings is 2. The number of rotatable bonds is 6. The molecule has 0 unspecified atom stereocenters. The lowest BCUT2D eigenvalue weighted by Gasteiger charge is -2.27. The van der Waals surface area contributed by atoms with Crippen LogP contribution >= 0.6 is 27.3 Å². The van der Waals surface area contributed by atoms with Crippen LogP contribution in [0.4, 0.5) is 0 Å². The van der Waals surface area contributed by atoms with Crippen LogP contribution in [0, 0.1) is 5.92 Å². The third kappa shape index (κ3) is 4.12. The number of nitrogens with zero attached hydrogens (tertiary/aromatic N) is 2. The van der Waals surface area contributed by atoms with E-state index >= 15 is 0 Å². The average molecular weight is 475 g/mol. The second-order valence-electron chi connectivity index (χ2n) is 7.39. The molecular formula is C22H23BrN2O3S. The first-order valence-electron chi connectivity index (χ1n) is 9.59. The van der Waals surface area contributed by atoms with Crippen LogP contribution in [-0.2, 0) is 4.79 Å². The third-order valence-electron chi connectivity index (χ3n) is 5.59. The van der Waals surface area contributed by atoms with Gasteiger partial charge in [-0.2, -0.15) is 0 Å². The van der Waals surface area contributed by atoms with Gasteiger partial charge in [0.15, 0.2) is 0 Å². The van der Waals surface area contributed by atoms with Gasteiger partial charge in [0.1, 0.15) is 17.6 Å². The number of ether oxygens (including phenoxy) is 2. The van der Waals surface area contributed by atoms with E-state index in [1.807, 2.05) is 53.7 Å². The van der Waals surface area contributed by atoms with Crippen molar-refractivity contribution >= 4 is 43.4 Å². The lowest BCUT2D eigenvalue weighted by atomic mass is 10.0. The molecule has 3 atom stereocenters. The predicted molar refractivity (Wildman–Crippen MR) is 119 cm³/mol. The van der Waals surface area contributed by atoms with Gasteiger partial charge in [-0.15, -0.1) is 11.3 Å². The first-order chi connectivity index (χ1) is 14.0. The van der Waals surface area contributed by atoms with Gasteiger partial charge < -0.3 is 14.4 Å². The minimum absolute atomic E-state index is 0.0182. The highest BCUT2D eigenvalue weighted by Gasteiger charge is 2.37. The van der Waals surface area contributed by atoms with Gasteiger partial charge in [-0.05, 0) is 43.7 Å². The van der Waals surface area contributed by atoms with Crippen LogP contribution in [-0.4, -0.2) is 35.5 Å². The van der Waals surface area contributed by atoms with Crippen molar-refractivity contribution in [3.63, 3.8) is 0 Å². The summed E-state index contributed by atoms with van der Waals surface area (Å²) in [5.74, 6) is 1.95. The molecule has 5 nitrogen and oxygen atoms in total. The molecule has 7 heteroatoms. The van der Waals surface area contributed by atoms with Crippen molar-refractivity contribution in [1.29, 1.82) is 0 Å². The molecule has 29 heavy (non-hydrogen) atoms. The largest absolute Gasteiger partial charge is 0.497 e. The number of methoxy groups -OCH3 is 1. The fourth-order valence-electron chi connectivity index (χ4n) is 3.80. The maximum Gasteiger partial charge on any atom is 0.223 e. The van der Waals surface area contributed by atoms with Crippen LogP contribution in [0.5, 0.6) is 11.5 Å². The first kappa shape index (κ1) is 20.2. The second-order valence-corrected chi connectivity index (χ2v) is 9.16. The normalized spacial score (nSPS) is 18.8. The van der Waals surface area contributed by atoms with Gasteiger partial charge in [0.05, 0.1) is 28.9 Å². The van der Waals surface area contributed by atoms with Gasteiger partial charge in [-0.25, -0.2) is 4.98 Å². The monoisotopic (exact) mass is 474 g/mol. The number of aromatic nitrogens is 1. The Morgan fingerprint density at radius 2 is 2.00 bits per heavy atom. The molecule has 2 aromatic carbocycles. The van der Waals surface area contributed by atoms with Crippen molar-refractivity contribution < 1.29 is 14.3 Å². The van der Waals surface area contributed by atoms with Gasteiger partial charge in [0.25, 0.3) is 0 Å². The second kappa shape index (κ2) is 8.32. The van der Waals surface area contributed by atoms with Crippen LogP contribution in [0.15, 0.2) is 46.4 Å². The van der Waals surface area contributed by atoms with Crippen molar-refractivity contribution in [3.8, 4) is 11.5 Å². The topological polar surface area (TPSA) is 51.7 Å². The van der Waals surface area contributed by atoms with Gasteiger partial charge in [-0.1, -0.05) is 28.1 Å². The minimum Gasteiger partial charge on any atom is -0.497 e. The first-order valence-corrected chi connectivity index (χ1v) is 11.3. The van der Waals surface area contributed by atoms with Gasteiger partial charge in [-0.3, -0.25) is 4.79 Å². The van der Waals surface area contributed by atoms with Crippen molar-refractivity contribution in [2.24, 2.45) is 5.92 Å². The summed E-state index contributed by atoms with van der Waals surface area (Å²) in [5.41, 5.74) is 3.85. The molecule has 4 rings (SSSR count). The molecule has 1 fully saturated rings. The lowest BCUT2D eigenvalue weighted by Crippen LogP contribution is -2.31. The molecular weight excluding hydrogens is 452 g/mol. The molecule has 1 aliphatic rings. The Morgan fingerprint density at radius 1 is 1.24 bits per heavy atom. The van der Waals surface area contributed by atoms with Gasteiger partial charge in [0.2, 0.25) is 5.91 Å². The molecule has 1 aromatic heterocycles. The molecule has 3 aromatic rings. The van der Waals surface area contributed by atoms with E-state index < -0.39 is 0 Å². The van der Waals surface area contributed by atoms with Gasteiger partial charge in [0, 0.05) is 23.4 Å². The fourth-order valence-corrected chi connectivity index (χ4v) is 4.95. The van der Waals surface area contributed by atoms with Crippen molar-refractivity contribution in [2.45, 2.75) is 32.4 Å². The van der Waals surface area contributed by atoms with E-state index in [1.165, 1.54) is 0 Å². The fraction of sp³-hybridized carbons (Fsp3) is 0.364. The summed E-state index contributed by atoms with van der Waals surface area (Å²) >= 11 is 5.10. The molecule has 0 radical (unpaired) electrons. The van der Waals surface area contributed by atoms with Crippen LogP contribution in [0.3, 0.4) is 0 Å². The van der Waals surface area contributed by atoms with E-state index in [0.29, 0.717) is 13.0 Å². The van der Waals surface area contributed by atoms with Crippen molar-refractivity contribution in [1.82, 2.24) is 9.88 Å². The number of hydrogen-bond acceptors (Lipinski definition) is 5. The number of amides is 1. The average Bonchev–Trinajstić information content (AvgIpc) is 3.34. The highest BCUT2D eigenvalue weighted by Crippen LogP contribution is 2.36. The highest BCUT2D eigenvalue weighted by atomic mass is 79.9. The Kier molecular flexibility index (Phi) is 5.79. The van der Waals surface area contributed by atoms with Crippen LogP contribution in [0.2, 0.25) is 0 Å². The number of thiazole rings is 1. The zero-order valence-electron chi connectivity index (χ0n) is 16.6. The Balaban J connectivity index is 1.47. The van der Waals surface area contributed by atoms with Crippen LogP contribution in [0.1, 0.15) is 31.9 Å². The zero-order valence-corrected chi connectivity index (χ0v) is 19.0. The van der Waals surface area contributed by atoms with Crippen LogP contribution in [0.25, 0.3) is 10.2 Å². The quantitative estimate of drug-likeness (QED) is 0.476. The molecule has 0 spiro atoms. The molecule has 2 heterocycles. The Labute approximate surface area is 182 Å². The van der Waals surface area contributed by atoms with E-state index in [0.717, 1.165) is 31.8 Å². The summed E-state index contributed by atoms with van der Waals surface area (Å²) < 4.78 is 13.5. The maximum absolute atomic E-state index is 12.7. The highest BCUT2D eigenvalue weighted by molar-refractivity contribution is 9.10. The summed E-state index contributed by atoms with van der Waals surface area (Å²) in [6, 6.07) is 11.9. The lowest BCUT2D eigenvalue weighted by molar-refractivity contribution is -0.129. The predicted octanol–water partition coefficient (Wildman–Crippen LogP) is 5.44. The van der Waals surface area contributed by atoms with E-state index in [1.54, 1.807) is 18.4 Å². The van der Waals surface area contributed by atoms with Crippen LogP contribution < -0.4 is 9.47 Å². The van der Waals surface area contributed by atoms with Gasteiger partial charge >= 0.3 is 0 Å². The van der Waals surface area contributed by atoms with Crippen molar-refractivity contribution in [3.05, 3.63) is 51.9 Å². The molecule has 0 aliphatic carbocycles. The van der Waals surface area contributed by atoms with E-state index in [-0.39, 0.29) is 24.0 Å². The number of carbonyl (C=O) groups excluding carboxylic acids is 1. The number of carbonyl (C=O) groups is 1. The minimum atomic E-state index is -0.0772. The summed E-state index contributed by atoms with van der Waals surface area (Å²) in [4.78, 5) is 19.1. The molecule has 0 saturated carbocycles. The van der Waals surface area contributed by atoms with E-state index in [4.69, 9.17) is 9.47 Å². The van der Waals surface area contributed by atoms with E-state index in [9.17, 15) is 4.79 Å². The Morgan fingerprint density at radius 3 is 2.72 bits per heavy atom. The summed E-state index contributed by atoms with van der Waals surface area (Å²) in [6.07, 6.45) is 0.424. The smallest absolute Gasteiger partial charge is 0.223 e. The van der Waals surface area contributed by atoms with Crippen molar-refractivity contribution in [2.75, 3.05) is 13.7 Å². The van der Waals surface area contributed by atoms with E-state index in [2.05, 4.69) is 27.8 Å². The molecule has 152 valence electrons. The molecule has 0 N–H and O–H groups in total. The SMILES string of the molecule is COc1ccc([C@@H](C)N2C[C@H]([C@@H](C)Oc3cc(Br)cc4ncsc34)CC2=O)cc1. The number of hydrogen-bond donors (Lipinski definition) is 0. The zero-order chi connectivity index (χ0) is 20.5. The number of fused-ring (bicyclic) bond motifs is 1. The molecule has 1 amide bonds. The maximum atomic E-state index is 12.7. The number of likely N-dealkylation sites (tertiary alicyclic amines) is 1. The standard InChI is InChI=1S/C22H23BrN2O3S/c1-13(15-4-6-18(27-3)7-5-15)25-11-16(8-21(25)26)14(2)28-20-10-17(23)9-19-22(20)29-12-24-19/h4-7,9-10,12-14,16H,8,11H2,1-3H3/t13-,14-,16-/m1/s1. The summed E-state index contributed by atoms with van der Waals surface area (Å²) in [5, 5.41) is 0. The Hall–Kier alpha value is -2.12. The number of halogens is 1. The molecule has 1 aliphatic heterocycles. The summed E-state index contributed by atoms with van der Waals surface area (Å²) in [7, 11) is 1.65. The molecule has 1 saturated heterocycles. The summed E-state index contributed by atoms with van der Waals surface area (Å²) in [6.45, 7) is 4.81.